The van der Waals surface area contributed by atoms with Gasteiger partial charge in [-0.1, -0.05) is 45.9 Å². The third-order valence-corrected chi connectivity index (χ3v) is 14.3. The van der Waals surface area contributed by atoms with Gasteiger partial charge in [-0.05, 0) is 105 Å². The summed E-state index contributed by atoms with van der Waals surface area (Å²) in [5, 5.41) is 0. The van der Waals surface area contributed by atoms with Crippen LogP contribution in [0.15, 0.2) is 67.4 Å². The number of ketones is 2. The first-order valence-electron chi connectivity index (χ1n) is 23.8. The molecule has 67 heavy (non-hydrogen) atoms. The standard InChI is InChI=1S/C51H71N5O11/c1-12-37-41(57)31(3)27-50(7,62-11)45(66-48-43(39(54(9)10)26-32(4)63-48)65-47(60)35-20-15-14-16-21-35)33(5)42(58)34(6)46(59)64-40(13-2)51(8)44(37)56(49(61)67-51)25-18-17-24-55-29-38(53-30-55)36-22-19-23-52-28-36/h14-16,19-23,28-34,37,39-40,43-45,48H,12-13,17-18,24-27H2,1-11H3/t31-,32-,33+,34-,37?,39+,40-,43-,44?,45-,48+,50+,51-/m1/s1. The van der Waals surface area contributed by atoms with E-state index >= 15 is 4.79 Å². The van der Waals surface area contributed by atoms with E-state index in [9.17, 15) is 19.2 Å². The third kappa shape index (κ3) is 11.1. The molecule has 0 radical (unpaired) electrons. The molecule has 0 aliphatic carbocycles. The second-order valence-electron chi connectivity index (χ2n) is 19.3. The van der Waals surface area contributed by atoms with Crippen LogP contribution in [0.1, 0.15) is 104 Å². The molecule has 0 N–H and O–H groups in total. The Morgan fingerprint density at radius 1 is 0.940 bits per heavy atom. The number of hydrogen-bond donors (Lipinski definition) is 0. The molecule has 16 heteroatoms. The van der Waals surface area contributed by atoms with Crippen molar-refractivity contribution in [2.24, 2.45) is 23.7 Å². The predicted molar refractivity (Wildman–Crippen MR) is 249 cm³/mol. The van der Waals surface area contributed by atoms with Gasteiger partial charge in [-0.2, -0.15) is 0 Å². The van der Waals surface area contributed by atoms with E-state index in [-0.39, 0.29) is 37.3 Å². The molecular formula is C51H71N5O11. The number of carbonyl (C=O) groups excluding carboxylic acids is 5. The number of likely N-dealkylation sites (N-methyl/N-ethyl adjacent to an activating group) is 1. The quantitative estimate of drug-likeness (QED) is 0.0687. The lowest BCUT2D eigenvalue weighted by molar-refractivity contribution is -0.294. The number of amides is 1. The number of aromatic nitrogens is 3. The third-order valence-electron chi connectivity index (χ3n) is 14.3. The number of nitrogens with zero attached hydrogens (tertiary/aromatic N) is 5. The molecule has 3 aromatic rings. The number of cyclic esters (lactones) is 1. The number of unbranched alkanes of at least 4 members (excludes halogenated alkanes) is 1. The van der Waals surface area contributed by atoms with Gasteiger partial charge >= 0.3 is 18.0 Å². The van der Waals surface area contributed by atoms with Crippen molar-refractivity contribution in [1.82, 2.24) is 24.3 Å². The summed E-state index contributed by atoms with van der Waals surface area (Å²) in [6, 6.07) is 11.3. The first-order chi connectivity index (χ1) is 31.9. The molecule has 13 atom stereocenters. The highest BCUT2D eigenvalue weighted by Crippen LogP contribution is 2.44. The Morgan fingerprint density at radius 2 is 1.66 bits per heavy atom. The Balaban J connectivity index is 1.32. The van der Waals surface area contributed by atoms with E-state index in [1.807, 2.05) is 75.7 Å². The Bertz CT molecular complexity index is 2170. The molecule has 2 unspecified atom stereocenters. The smallest absolute Gasteiger partial charge is 0.410 e. The van der Waals surface area contributed by atoms with Crippen LogP contribution < -0.4 is 0 Å². The largest absolute Gasteiger partial charge is 0.458 e. The molecule has 3 fully saturated rings. The van der Waals surface area contributed by atoms with E-state index in [4.69, 9.17) is 28.4 Å². The van der Waals surface area contributed by atoms with Gasteiger partial charge in [-0.3, -0.25) is 19.4 Å². The highest BCUT2D eigenvalue weighted by Gasteiger charge is 2.61. The van der Waals surface area contributed by atoms with Crippen molar-refractivity contribution in [3.05, 3.63) is 72.9 Å². The summed E-state index contributed by atoms with van der Waals surface area (Å²) < 4.78 is 40.5. The second-order valence-corrected chi connectivity index (χ2v) is 19.3. The molecule has 6 rings (SSSR count). The zero-order chi connectivity index (χ0) is 48.8. The van der Waals surface area contributed by atoms with Gasteiger partial charge in [0, 0.05) is 62.1 Å². The van der Waals surface area contributed by atoms with Crippen LogP contribution >= 0.6 is 0 Å². The van der Waals surface area contributed by atoms with Gasteiger partial charge in [0.15, 0.2) is 23.8 Å². The van der Waals surface area contributed by atoms with Crippen molar-refractivity contribution < 1.29 is 52.4 Å². The minimum Gasteiger partial charge on any atom is -0.458 e. The molecule has 3 saturated heterocycles. The van der Waals surface area contributed by atoms with Gasteiger partial charge in [-0.25, -0.2) is 14.6 Å². The summed E-state index contributed by atoms with van der Waals surface area (Å²) in [5.41, 5.74) is -0.705. The fourth-order valence-corrected chi connectivity index (χ4v) is 10.5. The second kappa shape index (κ2) is 21.9. The maximum absolute atomic E-state index is 15.2. The van der Waals surface area contributed by atoms with Crippen LogP contribution in [-0.4, -0.2) is 136 Å². The number of hydrogen-bond acceptors (Lipinski definition) is 14. The first-order valence-corrected chi connectivity index (χ1v) is 23.8. The maximum atomic E-state index is 15.2. The monoisotopic (exact) mass is 930 g/mol. The Hall–Kier alpha value is -5.03. The molecule has 0 bridgehead atoms. The number of ether oxygens (including phenoxy) is 6. The predicted octanol–water partition coefficient (Wildman–Crippen LogP) is 7.18. The summed E-state index contributed by atoms with van der Waals surface area (Å²) in [6.45, 7) is 15.1. The van der Waals surface area contributed by atoms with Crippen molar-refractivity contribution in [1.29, 1.82) is 0 Å². The van der Waals surface area contributed by atoms with Crippen LogP contribution in [0.4, 0.5) is 4.79 Å². The van der Waals surface area contributed by atoms with E-state index in [1.165, 1.54) is 14.0 Å². The summed E-state index contributed by atoms with van der Waals surface area (Å²) >= 11 is 0. The molecule has 2 aromatic heterocycles. The van der Waals surface area contributed by atoms with Gasteiger partial charge in [0.2, 0.25) is 0 Å². The Morgan fingerprint density at radius 3 is 2.30 bits per heavy atom. The molecule has 366 valence electrons. The minimum absolute atomic E-state index is 0.0924. The number of aryl methyl sites for hydroxylation is 1. The van der Waals surface area contributed by atoms with Crippen molar-refractivity contribution in [3.8, 4) is 11.3 Å². The number of pyridine rings is 1. The van der Waals surface area contributed by atoms with Crippen LogP contribution in [0, 0.1) is 23.7 Å². The van der Waals surface area contributed by atoms with Crippen LogP contribution in [0.5, 0.6) is 0 Å². The average Bonchev–Trinajstić information content (AvgIpc) is 3.90. The van der Waals surface area contributed by atoms with Crippen molar-refractivity contribution in [2.75, 3.05) is 27.7 Å². The fourth-order valence-electron chi connectivity index (χ4n) is 10.5. The first kappa shape index (κ1) is 51.4. The highest BCUT2D eigenvalue weighted by molar-refractivity contribution is 6.00. The molecule has 5 heterocycles. The van der Waals surface area contributed by atoms with Gasteiger partial charge in [0.25, 0.3) is 0 Å². The normalized spacial score (nSPS) is 33.2. The average molecular weight is 930 g/mol. The molecule has 3 aliphatic rings. The molecule has 1 aromatic carbocycles. The Labute approximate surface area is 395 Å². The van der Waals surface area contributed by atoms with Crippen molar-refractivity contribution in [3.63, 3.8) is 0 Å². The molecule has 16 nitrogen and oxygen atoms in total. The maximum Gasteiger partial charge on any atom is 0.410 e. The molecule has 0 saturated carbocycles. The summed E-state index contributed by atoms with van der Waals surface area (Å²) in [7, 11) is 5.28. The number of methoxy groups -OCH3 is 1. The summed E-state index contributed by atoms with van der Waals surface area (Å²) in [4.78, 5) is 84.2. The van der Waals surface area contributed by atoms with Gasteiger partial charge < -0.3 is 42.8 Å². The molecule has 0 spiro atoms. The van der Waals surface area contributed by atoms with E-state index in [0.29, 0.717) is 37.8 Å². The van der Waals surface area contributed by atoms with E-state index in [0.717, 1.165) is 11.3 Å². The van der Waals surface area contributed by atoms with E-state index in [2.05, 4.69) is 9.97 Å². The number of Topliss-reactive ketones (excluding diaryl/α,β-unsaturated/α-hetero) is 2. The minimum atomic E-state index is -1.43. The summed E-state index contributed by atoms with van der Waals surface area (Å²) in [6.07, 6.45) is 4.54. The lowest BCUT2D eigenvalue weighted by Gasteiger charge is -2.48. The topological polar surface area (TPSA) is 178 Å². The zero-order valence-electron chi connectivity index (χ0n) is 41.1. The van der Waals surface area contributed by atoms with Gasteiger partial charge in [0.1, 0.15) is 17.8 Å². The molecule has 3 aliphatic heterocycles. The van der Waals surface area contributed by atoms with Crippen molar-refractivity contribution in [2.45, 2.75) is 154 Å². The lowest BCUT2D eigenvalue weighted by atomic mass is 9.72. The van der Waals surface area contributed by atoms with Crippen molar-refractivity contribution >= 4 is 29.6 Å². The number of fused-ring (bicyclic) bond motifs is 1. The number of benzene rings is 1. The number of imidazole rings is 1. The SMILES string of the molecule is CCC1C(=O)[C@H](C)C[C@](C)(OC)[C@H](O[C@@H]2O[C@H](C)C[C@H](N(C)C)[C@H]2OC(=O)c2ccccc2)[C@@H](C)C(=O)[C@@H](C)C(=O)O[C@H](CC)[C@@]2(C)OC(=O)N(CCCCn3cnc(-c4cccnc4)c3)C12. The van der Waals surface area contributed by atoms with E-state index < -0.39 is 89.3 Å². The lowest BCUT2D eigenvalue weighted by Crippen LogP contribution is -2.61. The van der Waals surface area contributed by atoms with Gasteiger partial charge in [0.05, 0.1) is 47.5 Å². The Kier molecular flexibility index (Phi) is 16.8. The van der Waals surface area contributed by atoms with Crippen LogP contribution in [0.3, 0.4) is 0 Å². The fraction of sp³-hybridized carbons (Fsp3) is 0.627. The van der Waals surface area contributed by atoms with Gasteiger partial charge in [-0.15, -0.1) is 0 Å². The molecular weight excluding hydrogens is 859 g/mol. The van der Waals surface area contributed by atoms with Crippen LogP contribution in [0.2, 0.25) is 0 Å². The molecule has 1 amide bonds. The number of carbonyl (C=O) groups is 5. The van der Waals surface area contributed by atoms with Crippen LogP contribution in [-0.2, 0) is 49.3 Å². The highest BCUT2D eigenvalue weighted by atomic mass is 16.7. The number of esters is 2. The number of rotatable bonds is 14. The van der Waals surface area contributed by atoms with Crippen LogP contribution in [0.25, 0.3) is 11.3 Å². The zero-order valence-corrected chi connectivity index (χ0v) is 41.1. The summed E-state index contributed by atoms with van der Waals surface area (Å²) in [5.74, 6) is -5.70. The van der Waals surface area contributed by atoms with E-state index in [1.54, 1.807) is 68.7 Å².